The number of oxazole rings is 1. The minimum atomic E-state index is -3.85. The number of ether oxygens (including phenoxy) is 2. The first-order chi connectivity index (χ1) is 11.2. The minimum Gasteiger partial charge on any atom is -0.491 e. The summed E-state index contributed by atoms with van der Waals surface area (Å²) in [6.07, 6.45) is -1.03. The molecule has 6 nitrogen and oxygen atoms in total. The molecule has 1 aromatic carbocycles. The fourth-order valence-corrected chi connectivity index (χ4v) is 1.86. The van der Waals surface area contributed by atoms with E-state index in [0.717, 1.165) is 13.8 Å². The smallest absolute Gasteiger partial charge is 0.426 e. The van der Waals surface area contributed by atoms with Crippen molar-refractivity contribution in [3.63, 3.8) is 0 Å². The number of benzene rings is 1. The normalized spacial score (nSPS) is 12.1. The van der Waals surface area contributed by atoms with E-state index in [4.69, 9.17) is 13.9 Å². The number of alkyl halides is 2. The highest BCUT2D eigenvalue weighted by molar-refractivity contribution is 5.78. The molecule has 0 radical (unpaired) electrons. The number of aromatic nitrogens is 1. The fraction of sp³-hybridized carbons (Fsp3) is 0.375. The Morgan fingerprint density at radius 3 is 2.58 bits per heavy atom. The molecular formula is C16H18F2N2O4. The Morgan fingerprint density at radius 2 is 2.08 bits per heavy atom. The van der Waals surface area contributed by atoms with E-state index in [1.54, 1.807) is 6.92 Å². The number of nitrogens with zero attached hydrogens (tertiary/aromatic N) is 2. The molecule has 0 aliphatic heterocycles. The first kappa shape index (κ1) is 17.9. The van der Waals surface area contributed by atoms with Gasteiger partial charge >= 0.3 is 6.11 Å². The van der Waals surface area contributed by atoms with Gasteiger partial charge in [-0.2, -0.15) is 8.78 Å². The third-order valence-corrected chi connectivity index (χ3v) is 3.15. The predicted octanol–water partition coefficient (Wildman–Crippen LogP) is 3.81. The SMILES string of the molecule is C=Nc1c(OC(F)(F)C(C)(C)O)ccc(-c2ncco2)c1OCC. The number of aliphatic imine (C=N–C) groups is 1. The molecule has 0 atom stereocenters. The summed E-state index contributed by atoms with van der Waals surface area (Å²) in [4.78, 5) is 7.75. The Labute approximate surface area is 137 Å². The second-order valence-corrected chi connectivity index (χ2v) is 5.40. The van der Waals surface area contributed by atoms with E-state index >= 15 is 0 Å². The van der Waals surface area contributed by atoms with Crippen LogP contribution in [0.3, 0.4) is 0 Å². The Hall–Kier alpha value is -2.48. The molecule has 1 N–H and O–H groups in total. The standard InChI is InChI=1S/C16H18F2N2O4/c1-5-22-13-10(14-20-8-9-23-14)6-7-11(12(13)19-4)24-16(17,18)15(2,3)21/h6-9,21H,4-5H2,1-3H3. The number of hydrogen-bond donors (Lipinski definition) is 1. The maximum absolute atomic E-state index is 14.0. The van der Waals surface area contributed by atoms with Gasteiger partial charge in [0.2, 0.25) is 5.89 Å². The van der Waals surface area contributed by atoms with Gasteiger partial charge in [0.05, 0.1) is 18.4 Å². The van der Waals surface area contributed by atoms with Crippen molar-refractivity contribution in [1.82, 2.24) is 4.98 Å². The molecule has 0 bridgehead atoms. The first-order valence-corrected chi connectivity index (χ1v) is 7.17. The summed E-state index contributed by atoms with van der Waals surface area (Å²) in [7, 11) is 0. The molecule has 130 valence electrons. The zero-order chi connectivity index (χ0) is 18.0. The highest BCUT2D eigenvalue weighted by Gasteiger charge is 2.49. The van der Waals surface area contributed by atoms with Crippen molar-refractivity contribution in [2.75, 3.05) is 6.61 Å². The monoisotopic (exact) mass is 340 g/mol. The lowest BCUT2D eigenvalue weighted by Crippen LogP contribution is -2.47. The van der Waals surface area contributed by atoms with E-state index in [1.165, 1.54) is 24.6 Å². The van der Waals surface area contributed by atoms with Crippen LogP contribution in [-0.2, 0) is 0 Å². The Balaban J connectivity index is 2.55. The van der Waals surface area contributed by atoms with Crippen molar-refractivity contribution >= 4 is 12.4 Å². The summed E-state index contributed by atoms with van der Waals surface area (Å²) in [6.45, 7) is 7.25. The maximum atomic E-state index is 14.0. The average molecular weight is 340 g/mol. The number of halogens is 2. The van der Waals surface area contributed by atoms with Gasteiger partial charge in [-0.15, -0.1) is 0 Å². The molecule has 2 rings (SSSR count). The second kappa shape index (κ2) is 6.56. The molecule has 1 heterocycles. The number of hydrogen-bond acceptors (Lipinski definition) is 6. The van der Waals surface area contributed by atoms with Crippen LogP contribution < -0.4 is 9.47 Å². The predicted molar refractivity (Wildman–Crippen MR) is 84.2 cm³/mol. The van der Waals surface area contributed by atoms with Gasteiger partial charge in [0.15, 0.2) is 17.1 Å². The Morgan fingerprint density at radius 1 is 1.38 bits per heavy atom. The molecule has 0 spiro atoms. The van der Waals surface area contributed by atoms with E-state index in [1.807, 2.05) is 0 Å². The van der Waals surface area contributed by atoms with Crippen molar-refractivity contribution in [1.29, 1.82) is 0 Å². The maximum Gasteiger partial charge on any atom is 0.426 e. The zero-order valence-electron chi connectivity index (χ0n) is 13.5. The molecule has 0 fully saturated rings. The van der Waals surface area contributed by atoms with E-state index in [2.05, 4.69) is 16.7 Å². The topological polar surface area (TPSA) is 77.1 Å². The lowest BCUT2D eigenvalue weighted by atomic mass is 10.1. The summed E-state index contributed by atoms with van der Waals surface area (Å²) in [5, 5.41) is 9.57. The molecule has 0 saturated carbocycles. The van der Waals surface area contributed by atoms with Gasteiger partial charge in [0, 0.05) is 0 Å². The van der Waals surface area contributed by atoms with Gasteiger partial charge in [-0.3, -0.25) is 4.99 Å². The van der Waals surface area contributed by atoms with Crippen molar-refractivity contribution < 1.29 is 27.8 Å². The Kier molecular flexibility index (Phi) is 4.88. The van der Waals surface area contributed by atoms with E-state index in [9.17, 15) is 13.9 Å². The minimum absolute atomic E-state index is 0.0310. The number of rotatable bonds is 7. The van der Waals surface area contributed by atoms with Gasteiger partial charge in [-0.25, -0.2) is 4.98 Å². The lowest BCUT2D eigenvalue weighted by molar-refractivity contribution is -0.276. The average Bonchev–Trinajstić information content (AvgIpc) is 3.00. The van der Waals surface area contributed by atoms with Crippen LogP contribution in [0.5, 0.6) is 11.5 Å². The second-order valence-electron chi connectivity index (χ2n) is 5.40. The van der Waals surface area contributed by atoms with Crippen LogP contribution in [0.15, 0.2) is 34.0 Å². The summed E-state index contributed by atoms with van der Waals surface area (Å²) < 4.78 is 43.5. The van der Waals surface area contributed by atoms with Gasteiger partial charge in [0.25, 0.3) is 0 Å². The molecular weight excluding hydrogens is 322 g/mol. The highest BCUT2D eigenvalue weighted by atomic mass is 19.3. The summed E-state index contributed by atoms with van der Waals surface area (Å²) in [6, 6.07) is 2.73. The molecule has 0 aliphatic rings. The first-order valence-electron chi connectivity index (χ1n) is 7.17. The third-order valence-electron chi connectivity index (χ3n) is 3.15. The van der Waals surface area contributed by atoms with Crippen LogP contribution in [-0.4, -0.2) is 35.1 Å². The van der Waals surface area contributed by atoms with Crippen LogP contribution >= 0.6 is 0 Å². The van der Waals surface area contributed by atoms with Crippen LogP contribution in [0.1, 0.15) is 20.8 Å². The summed E-state index contributed by atoms with van der Waals surface area (Å²) in [5.41, 5.74) is -2.00. The Bertz CT molecular complexity index is 710. The molecule has 8 heteroatoms. The van der Waals surface area contributed by atoms with Crippen LogP contribution in [0.4, 0.5) is 14.5 Å². The number of aliphatic hydroxyl groups is 1. The van der Waals surface area contributed by atoms with E-state index in [0.29, 0.717) is 5.56 Å². The van der Waals surface area contributed by atoms with Crippen molar-refractivity contribution in [2.24, 2.45) is 4.99 Å². The highest BCUT2D eigenvalue weighted by Crippen LogP contribution is 2.46. The van der Waals surface area contributed by atoms with Crippen molar-refractivity contribution in [3.05, 3.63) is 24.6 Å². The van der Waals surface area contributed by atoms with Gasteiger partial charge < -0.3 is 19.0 Å². The van der Waals surface area contributed by atoms with E-state index in [-0.39, 0.29) is 29.7 Å². The van der Waals surface area contributed by atoms with Gasteiger partial charge in [0.1, 0.15) is 12.0 Å². The van der Waals surface area contributed by atoms with Crippen LogP contribution in [0.25, 0.3) is 11.5 Å². The molecule has 0 unspecified atom stereocenters. The van der Waals surface area contributed by atoms with Crippen LogP contribution in [0, 0.1) is 0 Å². The van der Waals surface area contributed by atoms with Gasteiger partial charge in [-0.05, 0) is 39.6 Å². The third kappa shape index (κ3) is 3.38. The molecule has 0 saturated heterocycles. The molecule has 1 aromatic heterocycles. The zero-order valence-corrected chi connectivity index (χ0v) is 13.5. The van der Waals surface area contributed by atoms with Gasteiger partial charge in [-0.1, -0.05) is 0 Å². The lowest BCUT2D eigenvalue weighted by Gasteiger charge is -2.29. The largest absolute Gasteiger partial charge is 0.491 e. The summed E-state index contributed by atoms with van der Waals surface area (Å²) in [5.74, 6) is 0.110. The van der Waals surface area contributed by atoms with E-state index < -0.39 is 11.7 Å². The summed E-state index contributed by atoms with van der Waals surface area (Å²) >= 11 is 0. The fourth-order valence-electron chi connectivity index (χ4n) is 1.86. The molecule has 2 aromatic rings. The quantitative estimate of drug-likeness (QED) is 0.776. The van der Waals surface area contributed by atoms with Crippen molar-refractivity contribution in [3.8, 4) is 23.0 Å². The molecule has 0 amide bonds. The molecule has 24 heavy (non-hydrogen) atoms. The molecule has 0 aliphatic carbocycles. The van der Waals surface area contributed by atoms with Crippen LogP contribution in [0.2, 0.25) is 0 Å². The van der Waals surface area contributed by atoms with Crippen molar-refractivity contribution in [2.45, 2.75) is 32.5 Å².